The average Bonchev–Trinajstić information content (AvgIpc) is 3.24. The number of piperazine rings is 1. The first-order valence-corrected chi connectivity index (χ1v) is 8.98. The normalized spacial score (nSPS) is 14.0. The Bertz CT molecular complexity index is 811. The summed E-state index contributed by atoms with van der Waals surface area (Å²) in [5.74, 6) is 0.0367. The van der Waals surface area contributed by atoms with Gasteiger partial charge in [0.2, 0.25) is 0 Å². The molecule has 0 N–H and O–H groups in total. The van der Waals surface area contributed by atoms with Crippen LogP contribution in [0.4, 0.5) is 11.4 Å². The minimum atomic E-state index is -0.436. The smallest absolute Gasteiger partial charge is 0.306 e. The predicted octanol–water partition coefficient (Wildman–Crippen LogP) is 2.01. The Morgan fingerprint density at radius 2 is 1.82 bits per heavy atom. The van der Waals surface area contributed by atoms with Crippen LogP contribution in [0.15, 0.2) is 47.1 Å². The van der Waals surface area contributed by atoms with Crippen molar-refractivity contribution in [1.29, 1.82) is 0 Å². The van der Waals surface area contributed by atoms with Crippen molar-refractivity contribution in [3.8, 4) is 0 Å². The van der Waals surface area contributed by atoms with Crippen molar-refractivity contribution in [2.75, 3.05) is 37.7 Å². The van der Waals surface area contributed by atoms with Crippen molar-refractivity contribution in [2.24, 2.45) is 0 Å². The van der Waals surface area contributed by atoms with E-state index >= 15 is 0 Å². The maximum Gasteiger partial charge on any atom is 0.306 e. The van der Waals surface area contributed by atoms with Gasteiger partial charge < -0.3 is 19.0 Å². The van der Waals surface area contributed by atoms with Gasteiger partial charge in [-0.15, -0.1) is 0 Å². The molecule has 2 heterocycles. The van der Waals surface area contributed by atoms with Crippen LogP contribution in [0.2, 0.25) is 0 Å². The van der Waals surface area contributed by atoms with E-state index in [4.69, 9.17) is 9.15 Å². The largest absolute Gasteiger partial charge is 0.469 e. The molecule has 1 aliphatic rings. The second kappa shape index (κ2) is 9.03. The zero-order chi connectivity index (χ0) is 19.9. The molecule has 148 valence electrons. The van der Waals surface area contributed by atoms with E-state index in [1.54, 1.807) is 35.4 Å². The first-order valence-electron chi connectivity index (χ1n) is 8.98. The molecule has 1 fully saturated rings. The van der Waals surface area contributed by atoms with Gasteiger partial charge in [-0.2, -0.15) is 0 Å². The fourth-order valence-electron chi connectivity index (χ4n) is 2.98. The fourth-order valence-corrected chi connectivity index (χ4v) is 2.98. The van der Waals surface area contributed by atoms with Gasteiger partial charge in [0.1, 0.15) is 5.76 Å². The summed E-state index contributed by atoms with van der Waals surface area (Å²) in [7, 11) is 0. The van der Waals surface area contributed by atoms with Gasteiger partial charge in [-0.3, -0.25) is 19.7 Å². The van der Waals surface area contributed by atoms with E-state index in [1.807, 2.05) is 0 Å². The molecule has 1 aliphatic heterocycles. The van der Waals surface area contributed by atoms with Gasteiger partial charge in [-0.1, -0.05) is 0 Å². The predicted molar refractivity (Wildman–Crippen MR) is 99.9 cm³/mol. The average molecular weight is 387 g/mol. The summed E-state index contributed by atoms with van der Waals surface area (Å²) in [5.41, 5.74) is 0.925. The van der Waals surface area contributed by atoms with Crippen LogP contribution in [0.25, 0.3) is 0 Å². The molecule has 1 saturated heterocycles. The number of anilines is 1. The Morgan fingerprint density at radius 1 is 1.11 bits per heavy atom. The number of benzene rings is 1. The molecule has 9 heteroatoms. The van der Waals surface area contributed by atoms with Gasteiger partial charge in [-0.05, 0) is 24.3 Å². The molecule has 28 heavy (non-hydrogen) atoms. The van der Waals surface area contributed by atoms with E-state index in [0.29, 0.717) is 38.4 Å². The van der Waals surface area contributed by atoms with Gasteiger partial charge in [0.05, 0.1) is 17.6 Å². The third kappa shape index (κ3) is 5.09. The van der Waals surface area contributed by atoms with Gasteiger partial charge in [0.25, 0.3) is 11.6 Å². The molecular weight excluding hydrogens is 366 g/mol. The molecule has 2 aromatic rings. The number of hydrogen-bond donors (Lipinski definition) is 0. The number of non-ortho nitro benzene ring substituents is 1. The van der Waals surface area contributed by atoms with E-state index in [9.17, 15) is 19.7 Å². The molecule has 3 rings (SSSR count). The van der Waals surface area contributed by atoms with Crippen molar-refractivity contribution in [1.82, 2.24) is 4.90 Å². The maximum absolute atomic E-state index is 12.2. The van der Waals surface area contributed by atoms with E-state index in [1.165, 1.54) is 12.1 Å². The Hall–Kier alpha value is -3.36. The summed E-state index contributed by atoms with van der Waals surface area (Å²) in [6, 6.07) is 9.88. The molecule has 0 radical (unpaired) electrons. The third-order valence-corrected chi connectivity index (χ3v) is 4.57. The monoisotopic (exact) mass is 387 g/mol. The van der Waals surface area contributed by atoms with Gasteiger partial charge in [-0.25, -0.2) is 0 Å². The van der Waals surface area contributed by atoms with Crippen LogP contribution in [0, 0.1) is 10.1 Å². The molecule has 9 nitrogen and oxygen atoms in total. The molecule has 1 amide bonds. The van der Waals surface area contributed by atoms with Crippen molar-refractivity contribution in [2.45, 2.75) is 12.8 Å². The molecule has 0 aliphatic carbocycles. The number of rotatable bonds is 7. The van der Waals surface area contributed by atoms with Crippen LogP contribution in [-0.2, 0) is 20.7 Å². The van der Waals surface area contributed by atoms with Crippen molar-refractivity contribution in [3.63, 3.8) is 0 Å². The number of carbonyl (C=O) groups is 2. The third-order valence-electron chi connectivity index (χ3n) is 4.57. The van der Waals surface area contributed by atoms with Gasteiger partial charge >= 0.3 is 5.97 Å². The summed E-state index contributed by atoms with van der Waals surface area (Å²) in [4.78, 5) is 38.0. The van der Waals surface area contributed by atoms with E-state index < -0.39 is 10.9 Å². The molecule has 0 atom stereocenters. The van der Waals surface area contributed by atoms with Gasteiger partial charge in [0, 0.05) is 50.4 Å². The highest BCUT2D eigenvalue weighted by atomic mass is 16.6. The molecule has 0 unspecified atom stereocenters. The number of nitro groups is 1. The number of esters is 1. The summed E-state index contributed by atoms with van der Waals surface area (Å²) in [6.07, 6.45) is 2.14. The Kier molecular flexibility index (Phi) is 6.25. The van der Waals surface area contributed by atoms with Crippen LogP contribution in [0.5, 0.6) is 0 Å². The summed E-state index contributed by atoms with van der Waals surface area (Å²) in [6.45, 7) is 1.94. The zero-order valence-electron chi connectivity index (χ0n) is 15.3. The van der Waals surface area contributed by atoms with Crippen LogP contribution in [-0.4, -0.2) is 54.5 Å². The lowest BCUT2D eigenvalue weighted by atomic mass is 10.2. The van der Waals surface area contributed by atoms with Crippen molar-refractivity contribution < 1.29 is 23.7 Å². The molecular formula is C19H21N3O6. The van der Waals surface area contributed by atoms with E-state index in [-0.39, 0.29) is 24.6 Å². The Morgan fingerprint density at radius 3 is 2.43 bits per heavy atom. The lowest BCUT2D eigenvalue weighted by molar-refractivity contribution is -0.384. The van der Waals surface area contributed by atoms with Crippen LogP contribution in [0.1, 0.15) is 12.2 Å². The second-order valence-electron chi connectivity index (χ2n) is 6.38. The molecule has 0 bridgehead atoms. The number of hydrogen-bond acceptors (Lipinski definition) is 7. The van der Waals surface area contributed by atoms with Crippen molar-refractivity contribution in [3.05, 3.63) is 58.5 Å². The minimum Gasteiger partial charge on any atom is -0.469 e. The highest BCUT2D eigenvalue weighted by Crippen LogP contribution is 2.20. The lowest BCUT2D eigenvalue weighted by Gasteiger charge is -2.36. The minimum absolute atomic E-state index is 0.0476. The molecule has 1 aromatic heterocycles. The quantitative estimate of drug-likeness (QED) is 0.406. The number of ether oxygens (including phenoxy) is 1. The first kappa shape index (κ1) is 19.4. The summed E-state index contributed by atoms with van der Waals surface area (Å²) in [5, 5.41) is 10.7. The van der Waals surface area contributed by atoms with Gasteiger partial charge in [0.15, 0.2) is 6.61 Å². The van der Waals surface area contributed by atoms with Crippen molar-refractivity contribution >= 4 is 23.3 Å². The van der Waals surface area contributed by atoms with Crippen LogP contribution < -0.4 is 4.90 Å². The molecule has 1 aromatic carbocycles. The highest BCUT2D eigenvalue weighted by molar-refractivity contribution is 5.81. The van der Waals surface area contributed by atoms with Crippen LogP contribution >= 0.6 is 0 Å². The first-order chi connectivity index (χ1) is 13.5. The SMILES string of the molecule is O=C(CCc1ccco1)OCC(=O)N1CCN(c2ccc([N+](=O)[O-])cc2)CC1. The topological polar surface area (TPSA) is 106 Å². The standard InChI is InChI=1S/C19H21N3O6/c23-18(14-28-19(24)8-7-17-2-1-13-27-17)21-11-9-20(10-12-21)15-3-5-16(6-4-15)22(25)26/h1-6,13H,7-12,14H2. The molecule has 0 saturated carbocycles. The number of carbonyl (C=O) groups excluding carboxylic acids is 2. The zero-order valence-corrected chi connectivity index (χ0v) is 15.3. The number of aryl methyl sites for hydroxylation is 1. The number of amides is 1. The molecule has 0 spiro atoms. The van der Waals surface area contributed by atoms with Crippen LogP contribution in [0.3, 0.4) is 0 Å². The highest BCUT2D eigenvalue weighted by Gasteiger charge is 2.22. The number of nitro benzene ring substituents is 1. The Balaban J connectivity index is 1.39. The lowest BCUT2D eigenvalue weighted by Crippen LogP contribution is -2.49. The fraction of sp³-hybridized carbons (Fsp3) is 0.368. The second-order valence-corrected chi connectivity index (χ2v) is 6.38. The maximum atomic E-state index is 12.2. The summed E-state index contributed by atoms with van der Waals surface area (Å²) < 4.78 is 10.2. The van der Waals surface area contributed by atoms with E-state index in [2.05, 4.69) is 4.90 Å². The summed E-state index contributed by atoms with van der Waals surface area (Å²) >= 11 is 0. The Labute approximate surface area is 161 Å². The number of furan rings is 1. The number of nitrogens with zero attached hydrogens (tertiary/aromatic N) is 3. The van der Waals surface area contributed by atoms with E-state index in [0.717, 1.165) is 5.69 Å².